The molecule has 1 aliphatic heterocycles. The minimum absolute atomic E-state index is 0.101. The van der Waals surface area contributed by atoms with E-state index in [1.807, 2.05) is 0 Å². The summed E-state index contributed by atoms with van der Waals surface area (Å²) in [4.78, 5) is 20.8. The van der Waals surface area contributed by atoms with Crippen molar-refractivity contribution >= 4 is 28.2 Å². The van der Waals surface area contributed by atoms with Gasteiger partial charge in [0.25, 0.3) is 5.91 Å². The summed E-state index contributed by atoms with van der Waals surface area (Å²) in [5, 5.41) is 4.11. The first-order valence-electron chi connectivity index (χ1n) is 6.21. The van der Waals surface area contributed by atoms with E-state index < -0.39 is 0 Å². The van der Waals surface area contributed by atoms with Crippen molar-refractivity contribution in [2.45, 2.75) is 0 Å². The van der Waals surface area contributed by atoms with Gasteiger partial charge in [-0.15, -0.1) is 6.58 Å². The largest absolute Gasteiger partial charge is 0.382 e. The molecule has 0 atom stereocenters. The van der Waals surface area contributed by atoms with Crippen molar-refractivity contribution in [3.63, 3.8) is 0 Å². The number of nitrogens with two attached hydrogens (primary N) is 1. The van der Waals surface area contributed by atoms with Crippen molar-refractivity contribution in [1.82, 2.24) is 15.2 Å². The fourth-order valence-corrected chi connectivity index (χ4v) is 2.95. The zero-order valence-corrected chi connectivity index (χ0v) is 11.9. The maximum Gasteiger partial charge on any atom is 0.267 e. The lowest BCUT2D eigenvalue weighted by molar-refractivity contribution is 0.0815. The minimum Gasteiger partial charge on any atom is -0.382 e. The van der Waals surface area contributed by atoms with Crippen LogP contribution in [0.4, 0.5) is 10.9 Å². The summed E-state index contributed by atoms with van der Waals surface area (Å²) in [5.41, 5.74) is 5.87. The number of piperazine rings is 1. The molecule has 0 saturated carbocycles. The molecule has 1 aromatic rings. The Morgan fingerprint density at radius 2 is 2.32 bits per heavy atom. The van der Waals surface area contributed by atoms with E-state index in [1.165, 1.54) is 11.3 Å². The third-order valence-electron chi connectivity index (χ3n) is 2.97. The smallest absolute Gasteiger partial charge is 0.267 e. The number of anilines is 2. The van der Waals surface area contributed by atoms with Gasteiger partial charge in [0.15, 0.2) is 5.13 Å². The number of carbonyl (C=O) groups is 1. The average Bonchev–Trinajstić information content (AvgIpc) is 2.81. The molecule has 0 unspecified atom stereocenters. The van der Waals surface area contributed by atoms with Gasteiger partial charge in [0.2, 0.25) is 0 Å². The predicted octanol–water partition coefficient (Wildman–Crippen LogP) is 0.393. The van der Waals surface area contributed by atoms with Crippen LogP contribution in [0.5, 0.6) is 0 Å². The maximum absolute atomic E-state index is 12.2. The third-order valence-corrected chi connectivity index (χ3v) is 4.09. The van der Waals surface area contributed by atoms with E-state index in [0.717, 1.165) is 31.3 Å². The monoisotopic (exact) mass is 281 g/mol. The SMILES string of the molecule is C=CCN(C)C(=O)c1sc(N2CCNCC2)nc1N. The van der Waals surface area contributed by atoms with E-state index in [0.29, 0.717) is 17.2 Å². The highest BCUT2D eigenvalue weighted by Gasteiger charge is 2.22. The lowest BCUT2D eigenvalue weighted by Gasteiger charge is -2.26. The van der Waals surface area contributed by atoms with Crippen molar-refractivity contribution in [2.24, 2.45) is 0 Å². The first-order chi connectivity index (χ1) is 9.13. The lowest BCUT2D eigenvalue weighted by Crippen LogP contribution is -2.43. The van der Waals surface area contributed by atoms with Gasteiger partial charge in [-0.3, -0.25) is 4.79 Å². The van der Waals surface area contributed by atoms with Crippen LogP contribution in [0.1, 0.15) is 9.67 Å². The molecule has 2 rings (SSSR count). The normalized spacial score (nSPS) is 15.3. The fourth-order valence-electron chi connectivity index (χ4n) is 1.91. The average molecular weight is 281 g/mol. The molecule has 3 N–H and O–H groups in total. The second-order valence-electron chi connectivity index (χ2n) is 4.42. The molecule has 1 amide bonds. The molecular weight excluding hydrogens is 262 g/mol. The van der Waals surface area contributed by atoms with Crippen LogP contribution in [-0.4, -0.2) is 55.6 Å². The highest BCUT2D eigenvalue weighted by Crippen LogP contribution is 2.29. The van der Waals surface area contributed by atoms with Crippen LogP contribution in [0.15, 0.2) is 12.7 Å². The van der Waals surface area contributed by atoms with Crippen LogP contribution in [0.25, 0.3) is 0 Å². The van der Waals surface area contributed by atoms with E-state index >= 15 is 0 Å². The van der Waals surface area contributed by atoms with Crippen LogP contribution in [0.3, 0.4) is 0 Å². The molecule has 7 heteroatoms. The molecule has 1 saturated heterocycles. The predicted molar refractivity (Wildman–Crippen MR) is 78.8 cm³/mol. The van der Waals surface area contributed by atoms with E-state index in [9.17, 15) is 4.79 Å². The Kier molecular flexibility index (Phi) is 4.39. The molecule has 2 heterocycles. The second-order valence-corrected chi connectivity index (χ2v) is 5.40. The summed E-state index contributed by atoms with van der Waals surface area (Å²) in [5.74, 6) is 0.218. The number of nitrogens with one attached hydrogen (secondary N) is 1. The Morgan fingerprint density at radius 3 is 2.95 bits per heavy atom. The van der Waals surface area contributed by atoms with Gasteiger partial charge >= 0.3 is 0 Å². The maximum atomic E-state index is 12.2. The molecule has 1 aromatic heterocycles. The quantitative estimate of drug-likeness (QED) is 0.781. The van der Waals surface area contributed by atoms with Crippen molar-refractivity contribution in [3.05, 3.63) is 17.5 Å². The zero-order valence-electron chi connectivity index (χ0n) is 11.1. The first-order valence-corrected chi connectivity index (χ1v) is 7.03. The molecule has 6 nitrogen and oxygen atoms in total. The van der Waals surface area contributed by atoms with Gasteiger partial charge in [0.05, 0.1) is 0 Å². The molecule has 0 spiro atoms. The van der Waals surface area contributed by atoms with E-state index in [4.69, 9.17) is 5.73 Å². The van der Waals surface area contributed by atoms with E-state index in [-0.39, 0.29) is 5.91 Å². The summed E-state index contributed by atoms with van der Waals surface area (Å²) in [7, 11) is 1.73. The number of nitrogen functional groups attached to an aromatic ring is 1. The number of carbonyl (C=O) groups excluding carboxylic acids is 1. The molecule has 0 radical (unpaired) electrons. The minimum atomic E-state index is -0.101. The summed E-state index contributed by atoms with van der Waals surface area (Å²) in [6.45, 7) is 7.77. The lowest BCUT2D eigenvalue weighted by atomic mass is 10.4. The van der Waals surface area contributed by atoms with Gasteiger partial charge < -0.3 is 20.9 Å². The molecule has 0 aromatic carbocycles. The second kappa shape index (κ2) is 6.03. The van der Waals surface area contributed by atoms with Crippen LogP contribution in [-0.2, 0) is 0 Å². The highest BCUT2D eigenvalue weighted by atomic mass is 32.1. The third kappa shape index (κ3) is 3.05. The Labute approximate surface area is 116 Å². The number of rotatable bonds is 4. The Bertz CT molecular complexity index is 467. The number of thiazole rings is 1. The standard InChI is InChI=1S/C12H19N5OS/c1-3-6-16(2)11(18)9-10(13)15-12(19-9)17-7-4-14-5-8-17/h3,14H,1,4-8,13H2,2H3. The molecule has 1 fully saturated rings. The van der Waals surface area contributed by atoms with Crippen LogP contribution >= 0.6 is 11.3 Å². The Balaban J connectivity index is 2.15. The van der Waals surface area contributed by atoms with Crippen LogP contribution < -0.4 is 16.0 Å². The summed E-state index contributed by atoms with van der Waals surface area (Å²) < 4.78 is 0. The number of aromatic nitrogens is 1. The number of likely N-dealkylation sites (N-methyl/N-ethyl adjacent to an activating group) is 1. The topological polar surface area (TPSA) is 74.5 Å². The van der Waals surface area contributed by atoms with Gasteiger partial charge in [-0.05, 0) is 0 Å². The van der Waals surface area contributed by atoms with Crippen LogP contribution in [0, 0.1) is 0 Å². The van der Waals surface area contributed by atoms with Crippen molar-refractivity contribution in [1.29, 1.82) is 0 Å². The summed E-state index contributed by atoms with van der Waals surface area (Å²) in [6.07, 6.45) is 1.69. The van der Waals surface area contributed by atoms with Gasteiger partial charge in [0, 0.05) is 39.8 Å². The van der Waals surface area contributed by atoms with E-state index in [2.05, 4.69) is 21.8 Å². The van der Waals surface area contributed by atoms with Gasteiger partial charge in [0.1, 0.15) is 10.7 Å². The summed E-state index contributed by atoms with van der Waals surface area (Å²) in [6, 6.07) is 0. The molecule has 19 heavy (non-hydrogen) atoms. The van der Waals surface area contributed by atoms with Crippen molar-refractivity contribution in [2.75, 3.05) is 50.4 Å². The molecular formula is C12H19N5OS. The van der Waals surface area contributed by atoms with Gasteiger partial charge in [-0.1, -0.05) is 17.4 Å². The fraction of sp³-hybridized carbons (Fsp3) is 0.500. The number of hydrogen-bond acceptors (Lipinski definition) is 6. The van der Waals surface area contributed by atoms with E-state index in [1.54, 1.807) is 18.0 Å². The van der Waals surface area contributed by atoms with Crippen molar-refractivity contribution < 1.29 is 4.79 Å². The van der Waals surface area contributed by atoms with Gasteiger partial charge in [-0.2, -0.15) is 0 Å². The Morgan fingerprint density at radius 1 is 1.63 bits per heavy atom. The van der Waals surface area contributed by atoms with Crippen LogP contribution in [0.2, 0.25) is 0 Å². The molecule has 1 aliphatic rings. The Hall–Kier alpha value is -1.60. The molecule has 104 valence electrons. The highest BCUT2D eigenvalue weighted by molar-refractivity contribution is 7.18. The molecule has 0 bridgehead atoms. The summed E-state index contributed by atoms with van der Waals surface area (Å²) >= 11 is 1.36. The van der Waals surface area contributed by atoms with Crippen molar-refractivity contribution in [3.8, 4) is 0 Å². The zero-order chi connectivity index (χ0) is 13.8. The number of nitrogens with zero attached hydrogens (tertiary/aromatic N) is 3. The first kappa shape index (κ1) is 13.8. The number of hydrogen-bond donors (Lipinski definition) is 2. The van der Waals surface area contributed by atoms with Gasteiger partial charge in [-0.25, -0.2) is 4.98 Å². The number of amides is 1. The molecule has 0 aliphatic carbocycles.